The van der Waals surface area contributed by atoms with Crippen molar-refractivity contribution in [3.63, 3.8) is 0 Å². The molecule has 2 aromatic rings. The van der Waals surface area contributed by atoms with E-state index in [1.54, 1.807) is 7.11 Å². The summed E-state index contributed by atoms with van der Waals surface area (Å²) in [5.74, 6) is 0.826. The van der Waals surface area contributed by atoms with E-state index < -0.39 is 0 Å². The predicted octanol–water partition coefficient (Wildman–Crippen LogP) is 3.55. The third-order valence-electron chi connectivity index (χ3n) is 2.52. The SMILES string of the molecule is COc1ccc(Cn2cc(C(C)Br)nn2)cc1Br. The van der Waals surface area contributed by atoms with Gasteiger partial charge in [-0.2, -0.15) is 0 Å². The van der Waals surface area contributed by atoms with Crippen molar-refractivity contribution in [2.45, 2.75) is 18.3 Å². The number of hydrogen-bond donors (Lipinski definition) is 0. The van der Waals surface area contributed by atoms with E-state index in [1.165, 1.54) is 0 Å². The zero-order valence-corrected chi connectivity index (χ0v) is 13.3. The van der Waals surface area contributed by atoms with Gasteiger partial charge in [-0.05, 0) is 40.5 Å². The first kappa shape index (κ1) is 13.5. The van der Waals surface area contributed by atoms with Gasteiger partial charge in [0, 0.05) is 6.20 Å². The van der Waals surface area contributed by atoms with Crippen molar-refractivity contribution in [2.24, 2.45) is 0 Å². The van der Waals surface area contributed by atoms with E-state index in [9.17, 15) is 0 Å². The molecule has 0 radical (unpaired) electrons. The van der Waals surface area contributed by atoms with Gasteiger partial charge in [-0.1, -0.05) is 27.2 Å². The highest BCUT2D eigenvalue weighted by Gasteiger charge is 2.07. The van der Waals surface area contributed by atoms with Crippen molar-refractivity contribution >= 4 is 31.9 Å². The van der Waals surface area contributed by atoms with Crippen LogP contribution in [0.4, 0.5) is 0 Å². The average Bonchev–Trinajstić information content (AvgIpc) is 2.78. The molecule has 1 unspecified atom stereocenters. The molecule has 1 heterocycles. The lowest BCUT2D eigenvalue weighted by Crippen LogP contribution is -2.00. The lowest BCUT2D eigenvalue weighted by Gasteiger charge is -2.06. The van der Waals surface area contributed by atoms with E-state index in [1.807, 2.05) is 36.0 Å². The number of methoxy groups -OCH3 is 1. The Kier molecular flexibility index (Phi) is 4.40. The first-order valence-electron chi connectivity index (χ1n) is 5.46. The maximum absolute atomic E-state index is 5.20. The maximum Gasteiger partial charge on any atom is 0.133 e. The van der Waals surface area contributed by atoms with Gasteiger partial charge < -0.3 is 4.74 Å². The van der Waals surface area contributed by atoms with Crippen LogP contribution in [0.25, 0.3) is 0 Å². The number of benzene rings is 1. The highest BCUT2D eigenvalue weighted by atomic mass is 79.9. The minimum Gasteiger partial charge on any atom is -0.496 e. The van der Waals surface area contributed by atoms with Crippen molar-refractivity contribution in [2.75, 3.05) is 7.11 Å². The maximum atomic E-state index is 5.20. The smallest absolute Gasteiger partial charge is 0.133 e. The molecular weight excluding hydrogens is 362 g/mol. The summed E-state index contributed by atoms with van der Waals surface area (Å²) < 4.78 is 7.96. The Hall–Kier alpha value is -0.880. The molecule has 1 aromatic heterocycles. The summed E-state index contributed by atoms with van der Waals surface area (Å²) in [6.45, 7) is 2.72. The Labute approximate surface area is 123 Å². The highest BCUT2D eigenvalue weighted by molar-refractivity contribution is 9.10. The van der Waals surface area contributed by atoms with E-state index >= 15 is 0 Å². The monoisotopic (exact) mass is 373 g/mol. The fourth-order valence-corrected chi connectivity index (χ4v) is 2.37. The molecule has 18 heavy (non-hydrogen) atoms. The number of hydrogen-bond acceptors (Lipinski definition) is 3. The average molecular weight is 375 g/mol. The van der Waals surface area contributed by atoms with Gasteiger partial charge in [-0.15, -0.1) is 5.10 Å². The lowest BCUT2D eigenvalue weighted by molar-refractivity contribution is 0.412. The minimum absolute atomic E-state index is 0.217. The second kappa shape index (κ2) is 5.84. The fourth-order valence-electron chi connectivity index (χ4n) is 1.57. The van der Waals surface area contributed by atoms with Crippen LogP contribution < -0.4 is 4.74 Å². The first-order valence-corrected chi connectivity index (χ1v) is 7.17. The topological polar surface area (TPSA) is 39.9 Å². The highest BCUT2D eigenvalue weighted by Crippen LogP contribution is 2.26. The number of rotatable bonds is 4. The van der Waals surface area contributed by atoms with Gasteiger partial charge in [0.1, 0.15) is 5.75 Å². The van der Waals surface area contributed by atoms with Gasteiger partial charge in [-0.3, -0.25) is 0 Å². The summed E-state index contributed by atoms with van der Waals surface area (Å²) in [4.78, 5) is 0.217. The summed E-state index contributed by atoms with van der Waals surface area (Å²) in [6, 6.07) is 5.98. The number of alkyl halides is 1. The standard InChI is InChI=1S/C12H13Br2N3O/c1-8(13)11-7-17(16-15-11)6-9-3-4-12(18-2)10(14)5-9/h3-5,7-8H,6H2,1-2H3. The predicted molar refractivity (Wildman–Crippen MR) is 77.2 cm³/mol. The Bertz CT molecular complexity index is 540. The second-order valence-corrected chi connectivity index (χ2v) is 6.15. The van der Waals surface area contributed by atoms with Crippen LogP contribution in [-0.2, 0) is 6.54 Å². The third kappa shape index (κ3) is 3.11. The second-order valence-electron chi connectivity index (χ2n) is 3.93. The van der Waals surface area contributed by atoms with Gasteiger partial charge >= 0.3 is 0 Å². The number of halogens is 2. The summed E-state index contributed by atoms with van der Waals surface area (Å²) >= 11 is 6.94. The molecular formula is C12H13Br2N3O. The molecule has 0 saturated heterocycles. The van der Waals surface area contributed by atoms with Crippen LogP contribution in [0.15, 0.2) is 28.9 Å². The molecule has 0 saturated carbocycles. The van der Waals surface area contributed by atoms with E-state index in [4.69, 9.17) is 4.74 Å². The summed E-state index contributed by atoms with van der Waals surface area (Å²) in [5, 5.41) is 8.19. The molecule has 0 bridgehead atoms. The molecule has 0 aliphatic rings. The molecule has 1 aromatic carbocycles. The molecule has 0 aliphatic carbocycles. The van der Waals surface area contributed by atoms with Crippen LogP contribution in [0, 0.1) is 0 Å². The van der Waals surface area contributed by atoms with Gasteiger partial charge in [0.25, 0.3) is 0 Å². The first-order chi connectivity index (χ1) is 8.60. The normalized spacial score (nSPS) is 12.4. The largest absolute Gasteiger partial charge is 0.496 e. The van der Waals surface area contributed by atoms with Crippen LogP contribution in [0.5, 0.6) is 5.75 Å². The molecule has 0 fully saturated rings. The van der Waals surface area contributed by atoms with Gasteiger partial charge in [-0.25, -0.2) is 4.68 Å². The zero-order valence-electron chi connectivity index (χ0n) is 10.1. The van der Waals surface area contributed by atoms with Crippen molar-refractivity contribution in [1.29, 1.82) is 0 Å². The van der Waals surface area contributed by atoms with Crippen LogP contribution in [0.3, 0.4) is 0 Å². The Morgan fingerprint density at radius 2 is 2.22 bits per heavy atom. The molecule has 2 rings (SSSR count). The molecule has 6 heteroatoms. The van der Waals surface area contributed by atoms with E-state index in [0.29, 0.717) is 6.54 Å². The van der Waals surface area contributed by atoms with Crippen LogP contribution in [-0.4, -0.2) is 22.1 Å². The van der Waals surface area contributed by atoms with Crippen molar-refractivity contribution in [3.05, 3.63) is 40.1 Å². The molecule has 4 nitrogen and oxygen atoms in total. The van der Waals surface area contributed by atoms with Crippen LogP contribution in [0.1, 0.15) is 23.0 Å². The Balaban J connectivity index is 2.15. The van der Waals surface area contributed by atoms with Crippen LogP contribution >= 0.6 is 31.9 Å². The van der Waals surface area contributed by atoms with Gasteiger partial charge in [0.15, 0.2) is 0 Å². The van der Waals surface area contributed by atoms with Crippen molar-refractivity contribution in [1.82, 2.24) is 15.0 Å². The number of ether oxygens (including phenoxy) is 1. The van der Waals surface area contributed by atoms with E-state index in [0.717, 1.165) is 21.5 Å². The molecule has 0 N–H and O–H groups in total. The molecule has 96 valence electrons. The zero-order chi connectivity index (χ0) is 13.1. The Morgan fingerprint density at radius 3 is 2.78 bits per heavy atom. The quantitative estimate of drug-likeness (QED) is 0.768. The van der Waals surface area contributed by atoms with Crippen LogP contribution in [0.2, 0.25) is 0 Å². The third-order valence-corrected chi connectivity index (χ3v) is 3.61. The molecule has 0 amide bonds. The van der Waals surface area contributed by atoms with Crippen molar-refractivity contribution in [3.8, 4) is 5.75 Å². The molecule has 0 aliphatic heterocycles. The summed E-state index contributed by atoms with van der Waals surface area (Å²) in [7, 11) is 1.65. The lowest BCUT2D eigenvalue weighted by atomic mass is 10.2. The number of aromatic nitrogens is 3. The number of nitrogens with zero attached hydrogens (tertiary/aromatic N) is 3. The van der Waals surface area contributed by atoms with E-state index in [2.05, 4.69) is 42.2 Å². The fraction of sp³-hybridized carbons (Fsp3) is 0.333. The van der Waals surface area contributed by atoms with Crippen molar-refractivity contribution < 1.29 is 4.74 Å². The minimum atomic E-state index is 0.217. The van der Waals surface area contributed by atoms with Gasteiger partial charge in [0.05, 0.1) is 28.6 Å². The Morgan fingerprint density at radius 1 is 1.44 bits per heavy atom. The molecule has 1 atom stereocenters. The molecule has 0 spiro atoms. The van der Waals surface area contributed by atoms with Gasteiger partial charge in [0.2, 0.25) is 0 Å². The summed E-state index contributed by atoms with van der Waals surface area (Å²) in [6.07, 6.45) is 1.94. The van der Waals surface area contributed by atoms with E-state index in [-0.39, 0.29) is 4.83 Å². The summed E-state index contributed by atoms with van der Waals surface area (Å²) in [5.41, 5.74) is 2.07.